The van der Waals surface area contributed by atoms with Crippen molar-refractivity contribution in [1.82, 2.24) is 10.3 Å². The summed E-state index contributed by atoms with van der Waals surface area (Å²) < 4.78 is 34.2. The van der Waals surface area contributed by atoms with E-state index >= 15 is 0 Å². The summed E-state index contributed by atoms with van der Waals surface area (Å²) >= 11 is 5.94. The molecule has 0 radical (unpaired) electrons. The van der Waals surface area contributed by atoms with Crippen molar-refractivity contribution in [2.75, 3.05) is 34.4 Å². The minimum absolute atomic E-state index is 0.0305. The molecule has 0 bridgehead atoms. The van der Waals surface area contributed by atoms with E-state index < -0.39 is 11.6 Å². The van der Waals surface area contributed by atoms with Crippen molar-refractivity contribution in [1.29, 1.82) is 0 Å². The zero-order valence-corrected chi connectivity index (χ0v) is 30.1. The molecular formula is C38H49ClF2N4O3. The zero-order valence-electron chi connectivity index (χ0n) is 29.4. The van der Waals surface area contributed by atoms with Gasteiger partial charge in [-0.1, -0.05) is 62.7 Å². The van der Waals surface area contributed by atoms with E-state index in [4.69, 9.17) is 26.4 Å². The molecule has 2 atom stereocenters. The van der Waals surface area contributed by atoms with Crippen LogP contribution in [0.3, 0.4) is 0 Å². The molecule has 4 aromatic rings. The smallest absolute Gasteiger partial charge is 0.150 e. The molecule has 0 aliphatic carbocycles. The zero-order chi connectivity index (χ0) is 36.4. The Morgan fingerprint density at radius 2 is 1.73 bits per heavy atom. The number of aliphatic hydroxyl groups excluding tert-OH is 1. The Labute approximate surface area is 289 Å². The molecule has 0 fully saturated rings. The number of aliphatic hydroxyl groups is 1. The van der Waals surface area contributed by atoms with E-state index in [0.29, 0.717) is 30.2 Å². The summed E-state index contributed by atoms with van der Waals surface area (Å²) in [7, 11) is 4.38. The largest absolute Gasteiger partial charge is 0.490 e. The Bertz CT molecular complexity index is 1610. The van der Waals surface area contributed by atoms with Gasteiger partial charge in [-0.05, 0) is 76.3 Å². The van der Waals surface area contributed by atoms with Crippen LogP contribution >= 0.6 is 11.6 Å². The minimum atomic E-state index is -0.799. The summed E-state index contributed by atoms with van der Waals surface area (Å²) in [5, 5.41) is 10.1. The molecule has 48 heavy (non-hydrogen) atoms. The summed E-state index contributed by atoms with van der Waals surface area (Å²) in [5.74, 6) is -0.856. The van der Waals surface area contributed by atoms with E-state index in [1.165, 1.54) is 13.1 Å². The monoisotopic (exact) mass is 682 g/mol. The van der Waals surface area contributed by atoms with E-state index in [0.717, 1.165) is 53.2 Å². The summed E-state index contributed by atoms with van der Waals surface area (Å²) in [6, 6.07) is 19.6. The van der Waals surface area contributed by atoms with E-state index in [9.17, 15) is 13.6 Å². The molecule has 0 saturated carbocycles. The molecule has 10 heteroatoms. The Balaban J connectivity index is 0.000000509. The predicted molar refractivity (Wildman–Crippen MR) is 195 cm³/mol. The standard InChI is InChI=1S/C23H21ClF2N2O.C11H13NO.C2H6.CH5N.CH4O/c1-13-12-29-23-15(13)9-21(17(11-27-2)14-6-4-3-5-7-14)28-22(23)16-8-18(24)20(26)10-19(16)25;1-8(2)12-11-5-4-10(7-13)6-9(11)3;3*1-2/h3-10,13,17,27H,11-12H2,1-2H3;4-7H,1-3H3;1-2H3;2H2,1H3;2H,1H3. The van der Waals surface area contributed by atoms with Crippen LogP contribution in [-0.4, -0.2) is 56.4 Å². The SMILES string of the molecule is CC.CC(C)=Nc1ccc(C=O)cc1C.CN.CNCC(c1ccccc1)c1cc2c(c(-c3cc(Cl)c(F)cc3F)n1)OCC2C.CO. The number of fused-ring (bicyclic) bond motifs is 1. The molecular weight excluding hydrogens is 634 g/mol. The molecule has 0 amide bonds. The third-order valence-electron chi connectivity index (χ3n) is 6.96. The van der Waals surface area contributed by atoms with Crippen LogP contribution in [-0.2, 0) is 0 Å². The summed E-state index contributed by atoms with van der Waals surface area (Å²) in [6.07, 6.45) is 0.847. The molecule has 1 aromatic heterocycles. The summed E-state index contributed by atoms with van der Waals surface area (Å²) in [5.41, 5.74) is 11.6. The van der Waals surface area contributed by atoms with Gasteiger partial charge in [0, 0.05) is 54.0 Å². The topological polar surface area (TPSA) is 110 Å². The van der Waals surface area contributed by atoms with E-state index in [2.05, 4.69) is 23.0 Å². The van der Waals surface area contributed by atoms with Crippen molar-refractivity contribution in [3.63, 3.8) is 0 Å². The first kappa shape index (κ1) is 42.0. The number of ether oxygens (including phenoxy) is 1. The average molecular weight is 683 g/mol. The fourth-order valence-electron chi connectivity index (χ4n) is 4.86. The molecule has 4 N–H and O–H groups in total. The lowest BCUT2D eigenvalue weighted by molar-refractivity contribution is 0.112. The lowest BCUT2D eigenvalue weighted by Gasteiger charge is -2.20. The van der Waals surface area contributed by atoms with Crippen molar-refractivity contribution in [2.45, 2.75) is 53.4 Å². The molecule has 0 saturated heterocycles. The van der Waals surface area contributed by atoms with E-state index in [1.807, 2.05) is 90.2 Å². The van der Waals surface area contributed by atoms with Gasteiger partial charge in [-0.2, -0.15) is 0 Å². The molecule has 260 valence electrons. The number of aromatic nitrogens is 1. The second kappa shape index (κ2) is 21.8. The van der Waals surface area contributed by atoms with Crippen LogP contribution in [0.15, 0.2) is 71.7 Å². The normalized spacial score (nSPS) is 12.8. The van der Waals surface area contributed by atoms with Crippen LogP contribution in [0, 0.1) is 18.6 Å². The fourth-order valence-corrected chi connectivity index (χ4v) is 5.02. The number of hydrogen-bond acceptors (Lipinski definition) is 7. The molecule has 3 aromatic carbocycles. The Morgan fingerprint density at radius 1 is 1.08 bits per heavy atom. The number of aryl methyl sites for hydroxylation is 1. The highest BCUT2D eigenvalue weighted by Gasteiger charge is 2.29. The number of nitrogens with two attached hydrogens (primary N) is 1. The Hall–Kier alpha value is -4.02. The van der Waals surface area contributed by atoms with Crippen molar-refractivity contribution >= 4 is 29.3 Å². The first-order chi connectivity index (χ1) is 23.1. The number of pyridine rings is 1. The Morgan fingerprint density at radius 3 is 2.29 bits per heavy atom. The Kier molecular flexibility index (Phi) is 19.1. The van der Waals surface area contributed by atoms with Crippen LogP contribution in [0.1, 0.15) is 79.2 Å². The van der Waals surface area contributed by atoms with Gasteiger partial charge in [0.1, 0.15) is 29.4 Å². The molecule has 0 spiro atoms. The van der Waals surface area contributed by atoms with Gasteiger partial charge >= 0.3 is 0 Å². The highest BCUT2D eigenvalue weighted by molar-refractivity contribution is 6.31. The fraction of sp³-hybridized carbons (Fsp3) is 0.342. The van der Waals surface area contributed by atoms with Gasteiger partial charge in [0.2, 0.25) is 0 Å². The van der Waals surface area contributed by atoms with Crippen LogP contribution in [0.5, 0.6) is 5.75 Å². The van der Waals surface area contributed by atoms with Crippen molar-refractivity contribution < 1.29 is 23.4 Å². The number of hydrogen-bond donors (Lipinski definition) is 3. The number of carbonyl (C=O) groups excluding carboxylic acids is 1. The van der Waals surface area contributed by atoms with Crippen LogP contribution in [0.4, 0.5) is 14.5 Å². The number of nitrogens with one attached hydrogen (secondary N) is 1. The van der Waals surface area contributed by atoms with Gasteiger partial charge in [-0.25, -0.2) is 13.8 Å². The maximum atomic E-state index is 14.7. The first-order valence-corrected chi connectivity index (χ1v) is 16.1. The van der Waals surface area contributed by atoms with Gasteiger partial charge in [0.15, 0.2) is 0 Å². The van der Waals surface area contributed by atoms with Gasteiger partial charge in [0.05, 0.1) is 23.0 Å². The third-order valence-corrected chi connectivity index (χ3v) is 7.25. The van der Waals surface area contributed by atoms with Crippen molar-refractivity contribution in [3.05, 3.63) is 111 Å². The van der Waals surface area contributed by atoms with Gasteiger partial charge in [-0.3, -0.25) is 9.79 Å². The number of rotatable bonds is 7. The number of aldehydes is 1. The van der Waals surface area contributed by atoms with Crippen molar-refractivity contribution in [2.24, 2.45) is 10.7 Å². The average Bonchev–Trinajstić information content (AvgIpc) is 3.49. The maximum Gasteiger partial charge on any atom is 0.150 e. The van der Waals surface area contributed by atoms with Crippen LogP contribution < -0.4 is 15.8 Å². The van der Waals surface area contributed by atoms with E-state index in [-0.39, 0.29) is 22.4 Å². The predicted octanol–water partition coefficient (Wildman–Crippen LogP) is 8.66. The molecule has 1 aliphatic rings. The first-order valence-electron chi connectivity index (χ1n) is 15.7. The summed E-state index contributed by atoms with van der Waals surface area (Å²) in [6.45, 7) is 13.1. The molecule has 7 nitrogen and oxygen atoms in total. The second-order valence-electron chi connectivity index (χ2n) is 10.5. The third kappa shape index (κ3) is 11.3. The number of aliphatic imine (C=N–C) groups is 1. The second-order valence-corrected chi connectivity index (χ2v) is 10.9. The van der Waals surface area contributed by atoms with Crippen LogP contribution in [0.2, 0.25) is 5.02 Å². The maximum absolute atomic E-state index is 14.7. The number of benzene rings is 3. The highest BCUT2D eigenvalue weighted by Crippen LogP contribution is 2.44. The lowest BCUT2D eigenvalue weighted by atomic mass is 9.91. The molecule has 2 unspecified atom stereocenters. The minimum Gasteiger partial charge on any atom is -0.490 e. The molecule has 5 rings (SSSR count). The van der Waals surface area contributed by atoms with Gasteiger partial charge < -0.3 is 20.9 Å². The quantitative estimate of drug-likeness (QED) is 0.102. The van der Waals surface area contributed by atoms with Crippen molar-refractivity contribution in [3.8, 4) is 17.0 Å². The summed E-state index contributed by atoms with van der Waals surface area (Å²) in [4.78, 5) is 19.6. The highest BCUT2D eigenvalue weighted by atomic mass is 35.5. The lowest BCUT2D eigenvalue weighted by Crippen LogP contribution is -2.19. The number of nitrogens with zero attached hydrogens (tertiary/aromatic N) is 2. The number of carbonyl (C=O) groups is 1. The van der Waals surface area contributed by atoms with Gasteiger partial charge in [0.25, 0.3) is 0 Å². The number of likely N-dealkylation sites (N-methyl/N-ethyl adjacent to an activating group) is 1. The van der Waals surface area contributed by atoms with Gasteiger partial charge in [-0.15, -0.1) is 0 Å². The van der Waals surface area contributed by atoms with E-state index in [1.54, 1.807) is 6.07 Å². The molecule has 2 heterocycles. The molecule has 1 aliphatic heterocycles. The van der Waals surface area contributed by atoms with Crippen LogP contribution in [0.25, 0.3) is 11.3 Å². The number of halogens is 3.